The van der Waals surface area contributed by atoms with Crippen molar-refractivity contribution in [3.05, 3.63) is 24.3 Å². The molecule has 9 nitrogen and oxygen atoms in total. The van der Waals surface area contributed by atoms with E-state index in [1.165, 1.54) is 13.8 Å². The van der Waals surface area contributed by atoms with Crippen molar-refractivity contribution in [2.75, 3.05) is 25.6 Å². The molecular weight excluding hydrogens is 381 g/mol. The summed E-state index contributed by atoms with van der Waals surface area (Å²) in [5, 5.41) is 0. The lowest BCUT2D eigenvalue weighted by Gasteiger charge is -2.16. The topological polar surface area (TPSA) is 133 Å². The molecule has 0 rings (SSSR count). The Morgan fingerprint density at radius 3 is 1.73 bits per heavy atom. The van der Waals surface area contributed by atoms with Crippen LogP contribution in [0.4, 0.5) is 0 Å². The van der Waals surface area contributed by atoms with Crippen LogP contribution in [0.15, 0.2) is 24.3 Å². The van der Waals surface area contributed by atoms with Gasteiger partial charge in [-0.25, -0.2) is 9.59 Å². The molecule has 146 valence electrons. The zero-order valence-electron chi connectivity index (χ0n) is 14.1. The van der Waals surface area contributed by atoms with Gasteiger partial charge in [0, 0.05) is 11.1 Å². The molecule has 0 aromatic carbocycles. The van der Waals surface area contributed by atoms with Gasteiger partial charge in [0.1, 0.15) is 19.1 Å². The van der Waals surface area contributed by atoms with Crippen molar-refractivity contribution in [3.63, 3.8) is 0 Å². The summed E-state index contributed by atoms with van der Waals surface area (Å²) in [6.07, 6.45) is -0.117. The van der Waals surface area contributed by atoms with E-state index in [9.17, 15) is 22.8 Å². The molecule has 0 aliphatic rings. The van der Waals surface area contributed by atoms with Crippen LogP contribution in [-0.4, -0.2) is 79.5 Å². The molecular formula is C15H24MgO9S. The van der Waals surface area contributed by atoms with Crippen LogP contribution in [0.2, 0.25) is 0 Å². The van der Waals surface area contributed by atoms with Crippen molar-refractivity contribution in [1.29, 1.82) is 0 Å². The van der Waals surface area contributed by atoms with Gasteiger partial charge < -0.3 is 14.2 Å². The van der Waals surface area contributed by atoms with Crippen LogP contribution in [0.3, 0.4) is 0 Å². The number of ether oxygens (including phenoxy) is 3. The van der Waals surface area contributed by atoms with Crippen molar-refractivity contribution in [2.45, 2.75) is 20.3 Å². The Balaban J connectivity index is 0. The van der Waals surface area contributed by atoms with Crippen molar-refractivity contribution in [3.8, 4) is 0 Å². The molecule has 0 radical (unpaired) electrons. The fraction of sp³-hybridized carbons (Fsp3) is 0.533. The molecule has 0 fully saturated rings. The smallest absolute Gasteiger partial charge is 0.333 e. The number of hydrogen-bond donors (Lipinski definition) is 1. The first-order valence-corrected chi connectivity index (χ1v) is 8.82. The maximum absolute atomic E-state index is 12.0. The van der Waals surface area contributed by atoms with Crippen LogP contribution in [0.25, 0.3) is 0 Å². The molecule has 0 heterocycles. The highest BCUT2D eigenvalue weighted by Gasteiger charge is 2.24. The van der Waals surface area contributed by atoms with Gasteiger partial charge in [-0.1, -0.05) is 13.2 Å². The maximum atomic E-state index is 12.0. The van der Waals surface area contributed by atoms with Crippen LogP contribution in [-0.2, 0) is 38.7 Å². The Morgan fingerprint density at radius 1 is 0.962 bits per heavy atom. The second-order valence-corrected chi connectivity index (χ2v) is 6.83. The Kier molecular flexibility index (Phi) is 13.2. The van der Waals surface area contributed by atoms with Crippen molar-refractivity contribution in [1.82, 2.24) is 0 Å². The van der Waals surface area contributed by atoms with Gasteiger partial charge in [0.05, 0.1) is 12.4 Å². The second kappa shape index (κ2) is 12.8. The number of carbonyl (C=O) groups excluding carboxylic acids is 3. The zero-order chi connectivity index (χ0) is 19.6. The molecule has 0 saturated heterocycles. The average molecular weight is 405 g/mol. The third-order valence-corrected chi connectivity index (χ3v) is 3.46. The molecule has 0 bridgehead atoms. The summed E-state index contributed by atoms with van der Waals surface area (Å²) in [6, 6.07) is 0. The highest BCUT2D eigenvalue weighted by atomic mass is 32.2. The first kappa shape index (κ1) is 26.8. The standard InChI is InChI=1S/C15H22O9S.Mg.2H/c1-10(2)13(16)23-8-12(9-24-14(17)11(3)4)15(18)22-6-5-7-25(19,20)21;;;/h12H,1,3,5-9H2,2,4H3,(H,19,20,21);;;. The van der Waals surface area contributed by atoms with Gasteiger partial charge in [0.25, 0.3) is 10.1 Å². The lowest BCUT2D eigenvalue weighted by Crippen LogP contribution is -2.30. The molecule has 0 aromatic heterocycles. The van der Waals surface area contributed by atoms with Crippen molar-refractivity contribution in [2.24, 2.45) is 5.92 Å². The lowest BCUT2D eigenvalue weighted by molar-refractivity contribution is -0.158. The van der Waals surface area contributed by atoms with Gasteiger partial charge in [-0.05, 0) is 20.3 Å². The van der Waals surface area contributed by atoms with Gasteiger partial charge in [-0.3, -0.25) is 9.35 Å². The monoisotopic (exact) mass is 404 g/mol. The summed E-state index contributed by atoms with van der Waals surface area (Å²) in [5.74, 6) is -3.97. The first-order chi connectivity index (χ1) is 11.4. The number of hydrogen-bond acceptors (Lipinski definition) is 8. The van der Waals surface area contributed by atoms with Crippen LogP contribution in [0.5, 0.6) is 0 Å². The Morgan fingerprint density at radius 2 is 1.38 bits per heavy atom. The molecule has 0 unspecified atom stereocenters. The Labute approximate surface area is 168 Å². The van der Waals surface area contributed by atoms with E-state index in [1.807, 2.05) is 0 Å². The number of esters is 3. The van der Waals surface area contributed by atoms with Gasteiger partial charge in [0.2, 0.25) is 0 Å². The molecule has 1 N–H and O–H groups in total. The second-order valence-electron chi connectivity index (χ2n) is 5.26. The number of carbonyl (C=O) groups is 3. The maximum Gasteiger partial charge on any atom is 0.333 e. The minimum Gasteiger partial charge on any atom is -0.465 e. The normalized spacial score (nSPS) is 10.5. The zero-order valence-corrected chi connectivity index (χ0v) is 15.0. The summed E-state index contributed by atoms with van der Waals surface area (Å²) >= 11 is 0. The fourth-order valence-electron chi connectivity index (χ4n) is 1.32. The van der Waals surface area contributed by atoms with Gasteiger partial charge in [-0.15, -0.1) is 0 Å². The van der Waals surface area contributed by atoms with Crippen LogP contribution < -0.4 is 0 Å². The Bertz CT molecular complexity index is 610. The Hall–Kier alpha value is -1.43. The van der Waals surface area contributed by atoms with E-state index in [1.54, 1.807) is 0 Å². The first-order valence-electron chi connectivity index (χ1n) is 7.21. The summed E-state index contributed by atoms with van der Waals surface area (Å²) in [6.45, 7) is 8.53. The van der Waals surface area contributed by atoms with E-state index in [0.29, 0.717) is 0 Å². The molecule has 0 aliphatic heterocycles. The molecule has 11 heteroatoms. The van der Waals surface area contributed by atoms with Crippen molar-refractivity contribution >= 4 is 51.1 Å². The summed E-state index contributed by atoms with van der Waals surface area (Å²) in [7, 11) is -4.15. The summed E-state index contributed by atoms with van der Waals surface area (Å²) < 4.78 is 44.3. The summed E-state index contributed by atoms with van der Waals surface area (Å²) in [5.41, 5.74) is 0.249. The highest BCUT2D eigenvalue weighted by molar-refractivity contribution is 7.85. The van der Waals surface area contributed by atoms with E-state index < -0.39 is 52.9 Å². The third kappa shape index (κ3) is 12.9. The lowest BCUT2D eigenvalue weighted by atomic mass is 10.2. The van der Waals surface area contributed by atoms with E-state index in [4.69, 9.17) is 18.8 Å². The minimum atomic E-state index is -4.15. The van der Waals surface area contributed by atoms with Gasteiger partial charge in [0.15, 0.2) is 0 Å². The van der Waals surface area contributed by atoms with Gasteiger partial charge in [-0.2, -0.15) is 8.42 Å². The average Bonchev–Trinajstić information content (AvgIpc) is 2.49. The summed E-state index contributed by atoms with van der Waals surface area (Å²) in [4.78, 5) is 34.8. The fourth-order valence-corrected chi connectivity index (χ4v) is 1.80. The SMILES string of the molecule is C=C(C)C(=O)OCC(COC(=O)C(=C)C)C(=O)OCCCS(=O)(=O)O.[MgH2]. The molecule has 0 aromatic rings. The van der Waals surface area contributed by atoms with Gasteiger partial charge >= 0.3 is 41.0 Å². The molecule has 0 saturated carbocycles. The van der Waals surface area contributed by atoms with Crippen LogP contribution in [0.1, 0.15) is 20.3 Å². The van der Waals surface area contributed by atoms with E-state index >= 15 is 0 Å². The molecule has 26 heavy (non-hydrogen) atoms. The molecule has 0 amide bonds. The quantitative estimate of drug-likeness (QED) is 0.123. The molecule has 0 atom stereocenters. The number of rotatable bonds is 11. The van der Waals surface area contributed by atoms with E-state index in [2.05, 4.69) is 13.2 Å². The van der Waals surface area contributed by atoms with Crippen LogP contribution in [0, 0.1) is 5.92 Å². The predicted octanol–water partition coefficient (Wildman–Crippen LogP) is -0.254. The largest absolute Gasteiger partial charge is 0.465 e. The predicted molar refractivity (Wildman–Crippen MR) is 95.6 cm³/mol. The highest BCUT2D eigenvalue weighted by Crippen LogP contribution is 2.07. The molecule has 0 spiro atoms. The third-order valence-electron chi connectivity index (χ3n) is 2.65. The van der Waals surface area contributed by atoms with Crippen LogP contribution >= 0.6 is 0 Å². The molecule has 0 aliphatic carbocycles. The van der Waals surface area contributed by atoms with E-state index in [-0.39, 0.29) is 47.2 Å². The van der Waals surface area contributed by atoms with Crippen molar-refractivity contribution < 1.29 is 41.6 Å². The minimum absolute atomic E-state index is 0. The van der Waals surface area contributed by atoms with E-state index in [0.717, 1.165) is 0 Å².